The first-order valence-corrected chi connectivity index (χ1v) is 17.5. The van der Waals surface area contributed by atoms with Gasteiger partial charge >= 0.3 is 0 Å². The van der Waals surface area contributed by atoms with E-state index in [1.807, 2.05) is 0 Å². The highest BCUT2D eigenvalue weighted by molar-refractivity contribution is 6.94. The molecular formula is C30H32Si2. The van der Waals surface area contributed by atoms with E-state index in [-0.39, 0.29) is 0 Å². The van der Waals surface area contributed by atoms with Crippen LogP contribution in [0.3, 0.4) is 0 Å². The van der Waals surface area contributed by atoms with Crippen LogP contribution in [0.5, 0.6) is 0 Å². The van der Waals surface area contributed by atoms with Gasteiger partial charge in [0.2, 0.25) is 0 Å². The van der Waals surface area contributed by atoms with Crippen molar-refractivity contribution in [1.82, 2.24) is 0 Å². The van der Waals surface area contributed by atoms with Gasteiger partial charge in [0.1, 0.15) is 16.1 Å². The molecule has 0 saturated heterocycles. The van der Waals surface area contributed by atoms with Gasteiger partial charge in [-0.15, -0.1) is 0 Å². The molecule has 4 rings (SSSR count). The molecule has 0 amide bonds. The zero-order valence-electron chi connectivity index (χ0n) is 19.5. The third kappa shape index (κ3) is 5.27. The lowest BCUT2D eigenvalue weighted by atomic mass is 10.0. The Hall–Kier alpha value is -2.95. The van der Waals surface area contributed by atoms with Gasteiger partial charge < -0.3 is 0 Å². The molecule has 0 radical (unpaired) electrons. The van der Waals surface area contributed by atoms with Crippen LogP contribution >= 0.6 is 0 Å². The van der Waals surface area contributed by atoms with E-state index in [0.29, 0.717) is 0 Å². The molecule has 0 bridgehead atoms. The first-order chi connectivity index (χ1) is 15.3. The Morgan fingerprint density at radius 3 is 1.28 bits per heavy atom. The molecule has 0 unspecified atom stereocenters. The summed E-state index contributed by atoms with van der Waals surface area (Å²) in [6.07, 6.45) is 4.62. The summed E-state index contributed by atoms with van der Waals surface area (Å²) in [4.78, 5) is 0. The van der Waals surface area contributed by atoms with Crippen molar-refractivity contribution in [3.05, 3.63) is 120 Å². The van der Waals surface area contributed by atoms with Crippen LogP contribution in [0.4, 0.5) is 0 Å². The lowest BCUT2D eigenvalue weighted by molar-refractivity contribution is 1.67. The van der Waals surface area contributed by atoms with Crippen molar-refractivity contribution in [3.8, 4) is 0 Å². The SMILES string of the molecule is C[Si](C)(/C=C\c1ccc2ccc(/C=C\[Si](C)(C)c3ccccc3)cc2c1)c1ccccc1. The number of benzene rings is 4. The molecule has 4 aromatic rings. The quantitative estimate of drug-likeness (QED) is 0.274. The minimum atomic E-state index is -1.59. The molecule has 4 aromatic carbocycles. The molecule has 0 aliphatic rings. The van der Waals surface area contributed by atoms with Crippen molar-refractivity contribution in [1.29, 1.82) is 0 Å². The monoisotopic (exact) mass is 448 g/mol. The predicted molar refractivity (Wildman–Crippen MR) is 149 cm³/mol. The topological polar surface area (TPSA) is 0 Å². The first-order valence-electron chi connectivity index (χ1n) is 11.4. The Bertz CT molecular complexity index is 1150. The molecule has 0 heterocycles. The molecule has 32 heavy (non-hydrogen) atoms. The predicted octanol–water partition coefficient (Wildman–Crippen LogP) is 7.18. The molecule has 2 heteroatoms. The average molecular weight is 449 g/mol. The number of fused-ring (bicyclic) bond motifs is 1. The average Bonchev–Trinajstić information content (AvgIpc) is 2.82. The van der Waals surface area contributed by atoms with Crippen molar-refractivity contribution in [2.24, 2.45) is 0 Å². The highest BCUT2D eigenvalue weighted by Crippen LogP contribution is 2.21. The molecular weight excluding hydrogens is 417 g/mol. The molecule has 0 spiro atoms. The van der Waals surface area contributed by atoms with Crippen molar-refractivity contribution >= 4 is 49.4 Å². The van der Waals surface area contributed by atoms with Crippen molar-refractivity contribution in [3.63, 3.8) is 0 Å². The van der Waals surface area contributed by atoms with Crippen molar-refractivity contribution in [2.45, 2.75) is 26.2 Å². The van der Waals surface area contributed by atoms with Gasteiger partial charge in [0.25, 0.3) is 0 Å². The van der Waals surface area contributed by atoms with Crippen LogP contribution in [0.25, 0.3) is 22.9 Å². The first kappa shape index (κ1) is 22.3. The summed E-state index contributed by atoms with van der Waals surface area (Å²) in [6.45, 7) is 9.62. The highest BCUT2D eigenvalue weighted by atomic mass is 28.3. The van der Waals surface area contributed by atoms with Gasteiger partial charge in [-0.05, 0) is 34.0 Å². The van der Waals surface area contributed by atoms with Crippen LogP contribution in [0.2, 0.25) is 26.2 Å². The van der Waals surface area contributed by atoms with E-state index in [1.165, 1.54) is 32.3 Å². The molecule has 0 aromatic heterocycles. The number of hydrogen-bond acceptors (Lipinski definition) is 0. The van der Waals surface area contributed by atoms with Gasteiger partial charge in [0.15, 0.2) is 0 Å². The fourth-order valence-corrected chi connectivity index (χ4v) is 7.73. The van der Waals surface area contributed by atoms with Crippen molar-refractivity contribution < 1.29 is 0 Å². The molecule has 0 nitrogen and oxygen atoms in total. The van der Waals surface area contributed by atoms with E-state index in [0.717, 1.165) is 0 Å². The molecule has 160 valence electrons. The van der Waals surface area contributed by atoms with Crippen LogP contribution in [0.1, 0.15) is 11.1 Å². The fourth-order valence-electron chi connectivity index (χ4n) is 4.03. The van der Waals surface area contributed by atoms with Gasteiger partial charge in [0.05, 0.1) is 0 Å². The zero-order chi connectivity index (χ0) is 22.6. The van der Waals surface area contributed by atoms with Crippen LogP contribution < -0.4 is 10.4 Å². The maximum Gasteiger partial charge on any atom is 0.104 e. The van der Waals surface area contributed by atoms with Crippen LogP contribution in [0, 0.1) is 0 Å². The summed E-state index contributed by atoms with van der Waals surface area (Å²) >= 11 is 0. The maximum absolute atomic E-state index is 2.45. The minimum Gasteiger partial charge on any atom is -0.0897 e. The van der Waals surface area contributed by atoms with E-state index in [2.05, 4.69) is 147 Å². The van der Waals surface area contributed by atoms with Gasteiger partial charge in [-0.1, -0.05) is 145 Å². The smallest absolute Gasteiger partial charge is 0.0897 e. The Morgan fingerprint density at radius 2 is 0.875 bits per heavy atom. The summed E-state index contributed by atoms with van der Waals surface area (Å²) in [7, 11) is -3.19. The normalized spacial score (nSPS) is 12.8. The third-order valence-electron chi connectivity index (χ3n) is 6.31. The molecule has 0 saturated carbocycles. The van der Waals surface area contributed by atoms with E-state index in [4.69, 9.17) is 0 Å². The summed E-state index contributed by atoms with van der Waals surface area (Å²) < 4.78 is 0. The molecule has 0 atom stereocenters. The highest BCUT2D eigenvalue weighted by Gasteiger charge is 2.19. The van der Waals surface area contributed by atoms with Crippen LogP contribution in [-0.2, 0) is 0 Å². The van der Waals surface area contributed by atoms with E-state index >= 15 is 0 Å². The van der Waals surface area contributed by atoms with E-state index in [9.17, 15) is 0 Å². The lowest BCUT2D eigenvalue weighted by Gasteiger charge is -2.18. The van der Waals surface area contributed by atoms with E-state index < -0.39 is 16.1 Å². The second kappa shape index (κ2) is 9.27. The van der Waals surface area contributed by atoms with Gasteiger partial charge in [-0.3, -0.25) is 0 Å². The second-order valence-electron chi connectivity index (χ2n) is 9.71. The Balaban J connectivity index is 1.58. The summed E-state index contributed by atoms with van der Waals surface area (Å²) in [5, 5.41) is 5.52. The molecule has 0 aliphatic carbocycles. The Kier molecular flexibility index (Phi) is 6.45. The molecule has 0 fully saturated rings. The molecule has 0 N–H and O–H groups in total. The zero-order valence-corrected chi connectivity index (χ0v) is 21.5. The summed E-state index contributed by atoms with van der Waals surface area (Å²) in [6, 6.07) is 35.4. The largest absolute Gasteiger partial charge is 0.104 e. The van der Waals surface area contributed by atoms with Gasteiger partial charge in [-0.25, -0.2) is 0 Å². The van der Waals surface area contributed by atoms with Gasteiger partial charge in [-0.2, -0.15) is 0 Å². The summed E-state index contributed by atoms with van der Waals surface area (Å²) in [5.74, 6) is 0. The van der Waals surface area contributed by atoms with Crippen LogP contribution in [-0.4, -0.2) is 16.1 Å². The number of hydrogen-bond donors (Lipinski definition) is 0. The Labute approximate surface area is 195 Å². The lowest BCUT2D eigenvalue weighted by Crippen LogP contribution is -2.39. The summed E-state index contributed by atoms with van der Waals surface area (Å²) in [5.41, 5.74) is 7.44. The van der Waals surface area contributed by atoms with Gasteiger partial charge in [0, 0.05) is 0 Å². The number of rotatable bonds is 6. The Morgan fingerprint density at radius 1 is 0.469 bits per heavy atom. The minimum absolute atomic E-state index is 1.27. The third-order valence-corrected chi connectivity index (χ3v) is 12.0. The standard InChI is InChI=1S/C30H32Si2/c1-31(2,29-11-7-5-8-12-29)21-19-25-15-17-27-18-16-26(24-28(27)23-25)20-22-32(3,4)30-13-9-6-10-14-30/h5-24H,1-4H3/b21-19-,22-20-. The second-order valence-corrected chi connectivity index (χ2v) is 18.4. The van der Waals surface area contributed by atoms with E-state index in [1.54, 1.807) is 0 Å². The maximum atomic E-state index is 2.45. The fraction of sp³-hybridized carbons (Fsp3) is 0.133. The molecule has 0 aliphatic heterocycles. The van der Waals surface area contributed by atoms with Crippen LogP contribution in [0.15, 0.2) is 108 Å². The van der Waals surface area contributed by atoms with Crippen molar-refractivity contribution in [2.75, 3.05) is 0 Å².